The van der Waals surface area contributed by atoms with Gasteiger partial charge >= 0.3 is 0 Å². The van der Waals surface area contributed by atoms with Crippen molar-refractivity contribution in [2.24, 2.45) is 5.92 Å². The summed E-state index contributed by atoms with van der Waals surface area (Å²) < 4.78 is 5.53. The normalized spacial score (nSPS) is 34.4. The highest BCUT2D eigenvalue weighted by molar-refractivity contribution is 5.18. The van der Waals surface area contributed by atoms with E-state index >= 15 is 0 Å². The van der Waals surface area contributed by atoms with E-state index in [1.54, 1.807) is 7.11 Å². The Balaban J connectivity index is 2.12. The molecule has 1 unspecified atom stereocenters. The third kappa shape index (κ3) is 1.07. The third-order valence-corrected chi connectivity index (χ3v) is 2.91. The predicted octanol–water partition coefficient (Wildman–Crippen LogP) is 1.80. The van der Waals surface area contributed by atoms with E-state index in [4.69, 9.17) is 4.74 Å². The monoisotopic (exact) mass is 165 g/mol. The van der Waals surface area contributed by atoms with Crippen molar-refractivity contribution in [2.45, 2.75) is 25.0 Å². The van der Waals surface area contributed by atoms with Crippen LogP contribution in [0.5, 0.6) is 0 Å². The molecule has 1 heterocycles. The molecule has 0 saturated heterocycles. The van der Waals surface area contributed by atoms with Crippen molar-refractivity contribution in [3.8, 4) is 0 Å². The van der Waals surface area contributed by atoms with Gasteiger partial charge in [-0.2, -0.15) is 0 Å². The van der Waals surface area contributed by atoms with Gasteiger partial charge in [-0.3, -0.25) is 0 Å². The minimum atomic E-state index is -0.201. The highest BCUT2D eigenvalue weighted by Crippen LogP contribution is 2.38. The molecule has 12 heavy (non-hydrogen) atoms. The maximum atomic E-state index is 5.53. The number of allylic oxidation sites excluding steroid dienone is 2. The van der Waals surface area contributed by atoms with E-state index in [9.17, 15) is 0 Å². The topological polar surface area (TPSA) is 21.3 Å². The first-order valence-corrected chi connectivity index (χ1v) is 4.54. The summed E-state index contributed by atoms with van der Waals surface area (Å²) in [5.41, 5.74) is -0.201. The van der Waals surface area contributed by atoms with Crippen molar-refractivity contribution in [1.29, 1.82) is 0 Å². The van der Waals surface area contributed by atoms with E-state index < -0.39 is 0 Å². The van der Waals surface area contributed by atoms with E-state index in [1.165, 1.54) is 19.3 Å². The summed E-state index contributed by atoms with van der Waals surface area (Å²) in [5, 5.41) is 3.29. The standard InChI is InChI=1S/C10H15NO/c1-12-10(9-5-4-6-9)7-2-3-8-11-10/h2-3,7-9,11H,4-6H2,1H3. The highest BCUT2D eigenvalue weighted by atomic mass is 16.5. The van der Waals surface area contributed by atoms with Crippen LogP contribution in [0.3, 0.4) is 0 Å². The van der Waals surface area contributed by atoms with E-state index in [-0.39, 0.29) is 5.72 Å². The van der Waals surface area contributed by atoms with Crippen LogP contribution in [0.2, 0.25) is 0 Å². The minimum Gasteiger partial charge on any atom is -0.360 e. The Morgan fingerprint density at radius 1 is 1.42 bits per heavy atom. The molecule has 1 aliphatic carbocycles. The van der Waals surface area contributed by atoms with Crippen LogP contribution in [-0.4, -0.2) is 12.8 Å². The maximum absolute atomic E-state index is 5.53. The van der Waals surface area contributed by atoms with Crippen molar-refractivity contribution in [2.75, 3.05) is 7.11 Å². The quantitative estimate of drug-likeness (QED) is 0.673. The highest BCUT2D eigenvalue weighted by Gasteiger charge is 2.39. The van der Waals surface area contributed by atoms with Crippen LogP contribution in [0.1, 0.15) is 19.3 Å². The fourth-order valence-corrected chi connectivity index (χ4v) is 1.87. The van der Waals surface area contributed by atoms with Crippen LogP contribution in [0, 0.1) is 5.92 Å². The second-order valence-electron chi connectivity index (χ2n) is 3.49. The summed E-state index contributed by atoms with van der Waals surface area (Å²) in [6.07, 6.45) is 12.0. The molecule has 0 radical (unpaired) electrons. The molecule has 1 N–H and O–H groups in total. The molecule has 1 saturated carbocycles. The van der Waals surface area contributed by atoms with Crippen LogP contribution < -0.4 is 5.32 Å². The number of methoxy groups -OCH3 is 1. The summed E-state index contributed by atoms with van der Waals surface area (Å²) in [5.74, 6) is 0.656. The molecule has 0 amide bonds. The molecule has 0 aromatic rings. The average Bonchev–Trinajstić information content (AvgIpc) is 2.03. The molecule has 1 atom stereocenters. The summed E-state index contributed by atoms with van der Waals surface area (Å²) in [6, 6.07) is 0. The molecule has 0 aromatic heterocycles. The molecule has 2 aliphatic rings. The molecule has 1 aliphatic heterocycles. The van der Waals surface area contributed by atoms with Gasteiger partial charge in [0.05, 0.1) is 0 Å². The second kappa shape index (κ2) is 2.94. The number of nitrogens with one attached hydrogen (secondary N) is 1. The average molecular weight is 165 g/mol. The van der Waals surface area contributed by atoms with E-state index in [2.05, 4.69) is 17.5 Å². The molecule has 2 nitrogen and oxygen atoms in total. The van der Waals surface area contributed by atoms with Gasteiger partial charge in [0.15, 0.2) is 5.72 Å². The molecule has 0 bridgehead atoms. The molecule has 0 aromatic carbocycles. The molecule has 2 heteroatoms. The number of hydrogen-bond donors (Lipinski definition) is 1. The first-order chi connectivity index (χ1) is 5.87. The SMILES string of the molecule is COC1(C2CCC2)C=CC=CN1. The van der Waals surface area contributed by atoms with E-state index in [1.807, 2.05) is 12.3 Å². The van der Waals surface area contributed by atoms with Crippen molar-refractivity contribution >= 4 is 0 Å². The van der Waals surface area contributed by atoms with Crippen molar-refractivity contribution in [3.05, 3.63) is 24.4 Å². The van der Waals surface area contributed by atoms with Crippen molar-refractivity contribution in [3.63, 3.8) is 0 Å². The molecule has 66 valence electrons. The van der Waals surface area contributed by atoms with Gasteiger partial charge in [0.25, 0.3) is 0 Å². The Hall–Kier alpha value is -0.760. The maximum Gasteiger partial charge on any atom is 0.160 e. The van der Waals surface area contributed by atoms with Gasteiger partial charge < -0.3 is 10.1 Å². The molecule has 0 spiro atoms. The minimum absolute atomic E-state index is 0.201. The molecular weight excluding hydrogens is 150 g/mol. The van der Waals surface area contributed by atoms with Gasteiger partial charge in [-0.15, -0.1) is 0 Å². The lowest BCUT2D eigenvalue weighted by Crippen LogP contribution is -2.52. The Bertz CT molecular complexity index is 218. The Kier molecular flexibility index (Phi) is 1.93. The van der Waals surface area contributed by atoms with Gasteiger partial charge in [-0.05, 0) is 31.2 Å². The zero-order valence-corrected chi connectivity index (χ0v) is 7.42. The summed E-state index contributed by atoms with van der Waals surface area (Å²) >= 11 is 0. The lowest BCUT2D eigenvalue weighted by molar-refractivity contribution is -0.0627. The third-order valence-electron chi connectivity index (χ3n) is 2.91. The van der Waals surface area contributed by atoms with Crippen molar-refractivity contribution in [1.82, 2.24) is 5.32 Å². The first kappa shape index (κ1) is 7.87. The van der Waals surface area contributed by atoms with Crippen molar-refractivity contribution < 1.29 is 4.74 Å². The van der Waals surface area contributed by atoms with Crippen LogP contribution in [-0.2, 0) is 4.74 Å². The fraction of sp³-hybridized carbons (Fsp3) is 0.600. The lowest BCUT2D eigenvalue weighted by Gasteiger charge is -2.43. The molecule has 1 fully saturated rings. The van der Waals surface area contributed by atoms with Crippen LogP contribution in [0.4, 0.5) is 0 Å². The smallest absolute Gasteiger partial charge is 0.160 e. The number of dihydropyridines is 1. The van der Waals surface area contributed by atoms with Crippen LogP contribution in [0.15, 0.2) is 24.4 Å². The van der Waals surface area contributed by atoms with E-state index in [0.717, 1.165) is 0 Å². The largest absolute Gasteiger partial charge is 0.360 e. The van der Waals surface area contributed by atoms with Gasteiger partial charge in [0, 0.05) is 13.0 Å². The van der Waals surface area contributed by atoms with Gasteiger partial charge in [0.2, 0.25) is 0 Å². The van der Waals surface area contributed by atoms with Gasteiger partial charge in [0.1, 0.15) is 0 Å². The summed E-state index contributed by atoms with van der Waals surface area (Å²) in [7, 11) is 1.77. The fourth-order valence-electron chi connectivity index (χ4n) is 1.87. The molecular formula is C10H15NO. The Morgan fingerprint density at radius 3 is 2.67 bits per heavy atom. The summed E-state index contributed by atoms with van der Waals surface area (Å²) in [6.45, 7) is 0. The number of rotatable bonds is 2. The predicted molar refractivity (Wildman–Crippen MR) is 48.5 cm³/mol. The van der Waals surface area contributed by atoms with Gasteiger partial charge in [-0.25, -0.2) is 0 Å². The zero-order chi connectivity index (χ0) is 8.44. The second-order valence-corrected chi connectivity index (χ2v) is 3.49. The van der Waals surface area contributed by atoms with Crippen LogP contribution in [0.25, 0.3) is 0 Å². The zero-order valence-electron chi connectivity index (χ0n) is 7.42. The number of hydrogen-bond acceptors (Lipinski definition) is 2. The first-order valence-electron chi connectivity index (χ1n) is 4.54. The lowest BCUT2D eigenvalue weighted by atomic mass is 9.76. The van der Waals surface area contributed by atoms with Gasteiger partial charge in [-0.1, -0.05) is 12.5 Å². The van der Waals surface area contributed by atoms with E-state index in [0.29, 0.717) is 5.92 Å². The Morgan fingerprint density at radius 2 is 2.25 bits per heavy atom. The molecule has 2 rings (SSSR count). The number of ether oxygens (including phenoxy) is 1. The van der Waals surface area contributed by atoms with Crippen LogP contribution >= 0.6 is 0 Å². The Labute approximate surface area is 73.3 Å². The summed E-state index contributed by atoms with van der Waals surface area (Å²) in [4.78, 5) is 0.